The van der Waals surface area contributed by atoms with E-state index in [1.54, 1.807) is 0 Å². The largest absolute Gasteiger partial charge is 0.329 e. The van der Waals surface area contributed by atoms with E-state index in [1.807, 2.05) is 0 Å². The molecule has 1 heterocycles. The summed E-state index contributed by atoms with van der Waals surface area (Å²) in [5, 5.41) is 0. The summed E-state index contributed by atoms with van der Waals surface area (Å²) in [6, 6.07) is 0. The summed E-state index contributed by atoms with van der Waals surface area (Å²) in [5.74, 6) is -2.57. The molecule has 76 valence electrons. The normalized spacial score (nSPS) is 38.1. The maximum Gasteiger partial charge on any atom is 0.252 e. The molecule has 0 unspecified atom stereocenters. The predicted molar refractivity (Wildman–Crippen MR) is 46.7 cm³/mol. The van der Waals surface area contributed by atoms with Crippen LogP contribution in [-0.2, 0) is 0 Å². The summed E-state index contributed by atoms with van der Waals surface area (Å²) < 4.78 is 26.5. The summed E-state index contributed by atoms with van der Waals surface area (Å²) in [6.07, 6.45) is 0.789. The Morgan fingerprint density at radius 3 is 2.77 bits per heavy atom. The van der Waals surface area contributed by atoms with Crippen molar-refractivity contribution in [1.82, 2.24) is 4.90 Å². The topological polar surface area (TPSA) is 29.3 Å². The minimum absolute atomic E-state index is 0.0960. The van der Waals surface area contributed by atoms with Crippen LogP contribution in [0.3, 0.4) is 0 Å². The molecule has 1 saturated heterocycles. The molecular weight excluding hydrogens is 174 g/mol. The van der Waals surface area contributed by atoms with Gasteiger partial charge in [-0.3, -0.25) is 0 Å². The Morgan fingerprint density at radius 1 is 1.38 bits per heavy atom. The third-order valence-corrected chi connectivity index (χ3v) is 3.35. The number of halogens is 2. The Morgan fingerprint density at radius 2 is 2.15 bits per heavy atom. The van der Waals surface area contributed by atoms with Gasteiger partial charge >= 0.3 is 0 Å². The average Bonchev–Trinajstić information content (AvgIpc) is 2.55. The number of hydrogen-bond acceptors (Lipinski definition) is 2. The molecule has 1 saturated carbocycles. The minimum Gasteiger partial charge on any atom is -0.329 e. The molecule has 0 aromatic carbocycles. The van der Waals surface area contributed by atoms with Crippen LogP contribution < -0.4 is 5.73 Å². The van der Waals surface area contributed by atoms with Gasteiger partial charge in [-0.25, -0.2) is 8.78 Å². The van der Waals surface area contributed by atoms with E-state index in [1.165, 1.54) is 0 Å². The van der Waals surface area contributed by atoms with Crippen LogP contribution in [0.25, 0.3) is 0 Å². The second-order valence-corrected chi connectivity index (χ2v) is 4.21. The first-order valence-corrected chi connectivity index (χ1v) is 4.94. The number of hydrogen-bond donors (Lipinski definition) is 1. The van der Waals surface area contributed by atoms with Crippen molar-refractivity contribution in [2.45, 2.75) is 18.8 Å². The molecule has 2 rings (SSSR count). The zero-order valence-electron chi connectivity index (χ0n) is 7.68. The number of alkyl halides is 2. The highest BCUT2D eigenvalue weighted by Crippen LogP contribution is 2.47. The molecular formula is C9H16F2N2. The zero-order chi connectivity index (χ0) is 9.47. The van der Waals surface area contributed by atoms with Crippen molar-refractivity contribution in [2.24, 2.45) is 17.6 Å². The summed E-state index contributed by atoms with van der Waals surface area (Å²) in [5.41, 5.74) is 5.40. The Bertz CT molecular complexity index is 196. The first kappa shape index (κ1) is 9.34. The van der Waals surface area contributed by atoms with E-state index in [0.29, 0.717) is 19.5 Å². The average molecular weight is 190 g/mol. The van der Waals surface area contributed by atoms with Gasteiger partial charge in [-0.1, -0.05) is 0 Å². The Balaban J connectivity index is 1.98. The molecule has 0 aromatic heterocycles. The fourth-order valence-corrected chi connectivity index (χ4v) is 2.66. The van der Waals surface area contributed by atoms with Crippen molar-refractivity contribution in [3.63, 3.8) is 0 Å². The first-order valence-electron chi connectivity index (χ1n) is 4.94. The maximum atomic E-state index is 13.3. The number of likely N-dealkylation sites (tertiary alicyclic amines) is 1. The van der Waals surface area contributed by atoms with Gasteiger partial charge in [-0.15, -0.1) is 0 Å². The van der Waals surface area contributed by atoms with Crippen LogP contribution >= 0.6 is 0 Å². The van der Waals surface area contributed by atoms with Crippen molar-refractivity contribution < 1.29 is 8.78 Å². The molecule has 1 aliphatic carbocycles. The molecule has 13 heavy (non-hydrogen) atoms. The van der Waals surface area contributed by atoms with Crippen LogP contribution in [0.15, 0.2) is 0 Å². The number of nitrogens with zero attached hydrogens (tertiary/aromatic N) is 1. The lowest BCUT2D eigenvalue weighted by molar-refractivity contribution is -0.0397. The van der Waals surface area contributed by atoms with E-state index < -0.39 is 5.92 Å². The van der Waals surface area contributed by atoms with Crippen LogP contribution in [0.5, 0.6) is 0 Å². The Hall–Kier alpha value is -0.220. The van der Waals surface area contributed by atoms with Crippen LogP contribution in [-0.4, -0.2) is 37.0 Å². The highest BCUT2D eigenvalue weighted by molar-refractivity contribution is 4.97. The molecule has 2 aliphatic rings. The molecule has 0 amide bonds. The van der Waals surface area contributed by atoms with Crippen molar-refractivity contribution >= 4 is 0 Å². The van der Waals surface area contributed by atoms with E-state index in [4.69, 9.17) is 5.73 Å². The van der Waals surface area contributed by atoms with Crippen LogP contribution in [0.1, 0.15) is 12.8 Å². The van der Waals surface area contributed by atoms with Gasteiger partial charge in [0, 0.05) is 38.5 Å². The van der Waals surface area contributed by atoms with Gasteiger partial charge in [0.1, 0.15) is 0 Å². The number of rotatable bonds is 2. The molecule has 2 fully saturated rings. The van der Waals surface area contributed by atoms with E-state index in [9.17, 15) is 8.78 Å². The van der Waals surface area contributed by atoms with Crippen molar-refractivity contribution in [2.75, 3.05) is 26.2 Å². The second-order valence-electron chi connectivity index (χ2n) is 4.21. The van der Waals surface area contributed by atoms with Crippen LogP contribution in [0.2, 0.25) is 0 Å². The van der Waals surface area contributed by atoms with E-state index in [0.717, 1.165) is 13.1 Å². The molecule has 2 N–H and O–H groups in total. The van der Waals surface area contributed by atoms with Crippen LogP contribution in [0, 0.1) is 11.8 Å². The fraction of sp³-hybridized carbons (Fsp3) is 1.00. The minimum atomic E-state index is -2.41. The van der Waals surface area contributed by atoms with Gasteiger partial charge in [0.2, 0.25) is 0 Å². The van der Waals surface area contributed by atoms with Gasteiger partial charge in [0.25, 0.3) is 5.92 Å². The number of fused-ring (bicyclic) bond motifs is 1. The van der Waals surface area contributed by atoms with Gasteiger partial charge in [-0.2, -0.15) is 0 Å². The van der Waals surface area contributed by atoms with E-state index in [-0.39, 0.29) is 18.3 Å². The van der Waals surface area contributed by atoms with Gasteiger partial charge in [0.05, 0.1) is 0 Å². The monoisotopic (exact) mass is 190 g/mol. The van der Waals surface area contributed by atoms with Gasteiger partial charge in [0.15, 0.2) is 0 Å². The SMILES string of the molecule is NCCN1C[C@@H]2CCC(F)(F)[C@@H]2C1. The van der Waals surface area contributed by atoms with Crippen molar-refractivity contribution in [1.29, 1.82) is 0 Å². The quantitative estimate of drug-likeness (QED) is 0.701. The summed E-state index contributed by atoms with van der Waals surface area (Å²) in [4.78, 5) is 2.07. The number of nitrogens with two attached hydrogens (primary N) is 1. The summed E-state index contributed by atoms with van der Waals surface area (Å²) >= 11 is 0. The first-order chi connectivity index (χ1) is 6.13. The second kappa shape index (κ2) is 3.17. The lowest BCUT2D eigenvalue weighted by Crippen LogP contribution is -2.31. The summed E-state index contributed by atoms with van der Waals surface area (Å²) in [7, 11) is 0. The highest BCUT2D eigenvalue weighted by atomic mass is 19.3. The zero-order valence-corrected chi connectivity index (χ0v) is 7.68. The van der Waals surface area contributed by atoms with Crippen LogP contribution in [0.4, 0.5) is 8.78 Å². The Kier molecular flexibility index (Phi) is 2.28. The third-order valence-electron chi connectivity index (χ3n) is 3.35. The van der Waals surface area contributed by atoms with Crippen molar-refractivity contribution in [3.05, 3.63) is 0 Å². The smallest absolute Gasteiger partial charge is 0.252 e. The lowest BCUT2D eigenvalue weighted by atomic mass is 9.99. The molecule has 0 spiro atoms. The summed E-state index contributed by atoms with van der Waals surface area (Å²) in [6.45, 7) is 2.72. The fourth-order valence-electron chi connectivity index (χ4n) is 2.66. The maximum absolute atomic E-state index is 13.3. The highest BCUT2D eigenvalue weighted by Gasteiger charge is 2.53. The van der Waals surface area contributed by atoms with Gasteiger partial charge < -0.3 is 10.6 Å². The van der Waals surface area contributed by atoms with E-state index in [2.05, 4.69) is 4.90 Å². The van der Waals surface area contributed by atoms with Crippen molar-refractivity contribution in [3.8, 4) is 0 Å². The lowest BCUT2D eigenvalue weighted by Gasteiger charge is -2.19. The molecule has 4 heteroatoms. The third kappa shape index (κ3) is 1.57. The standard InChI is InChI=1S/C9H16F2N2/c10-9(11)2-1-7-5-13(4-3-12)6-8(7)9/h7-8H,1-6,12H2/t7-,8+/m0/s1. The van der Waals surface area contributed by atoms with E-state index >= 15 is 0 Å². The molecule has 0 radical (unpaired) electrons. The Labute approximate surface area is 77.1 Å². The molecule has 0 bridgehead atoms. The molecule has 1 aliphatic heterocycles. The molecule has 2 atom stereocenters. The predicted octanol–water partition coefficient (Wildman–Crippen LogP) is 0.922. The molecule has 0 aromatic rings. The van der Waals surface area contributed by atoms with Gasteiger partial charge in [-0.05, 0) is 12.3 Å². The molecule has 2 nitrogen and oxygen atoms in total.